The van der Waals surface area contributed by atoms with E-state index in [2.05, 4.69) is 6.58 Å². The molecule has 0 aliphatic carbocycles. The lowest BCUT2D eigenvalue weighted by Gasteiger charge is -2.32. The highest BCUT2D eigenvalue weighted by molar-refractivity contribution is 7.85. The molecule has 1 aromatic carbocycles. The Morgan fingerprint density at radius 1 is 1.37 bits per heavy atom. The molecule has 5 heteroatoms. The van der Waals surface area contributed by atoms with Crippen molar-refractivity contribution in [3.8, 4) is 0 Å². The van der Waals surface area contributed by atoms with Crippen LogP contribution in [-0.2, 0) is 16.5 Å². The van der Waals surface area contributed by atoms with E-state index in [1.165, 1.54) is 0 Å². The third kappa shape index (κ3) is 5.44. The van der Waals surface area contributed by atoms with Gasteiger partial charge in [-0.05, 0) is 25.8 Å². The van der Waals surface area contributed by atoms with Gasteiger partial charge in [0.1, 0.15) is 0 Å². The average Bonchev–Trinajstić information content (AvgIpc) is 2.28. The molecule has 1 aromatic rings. The van der Waals surface area contributed by atoms with Crippen molar-refractivity contribution in [2.75, 3.05) is 12.3 Å². The van der Waals surface area contributed by atoms with Crippen molar-refractivity contribution in [2.24, 2.45) is 0 Å². The quantitative estimate of drug-likeness (QED) is 0.780. The Bertz CT molecular complexity index is 511. The monoisotopic (exact) mass is 283 g/mol. The van der Waals surface area contributed by atoms with Gasteiger partial charge in [0.05, 0.1) is 5.75 Å². The minimum Gasteiger partial charge on any atom is -0.371 e. The maximum Gasteiger partial charge on any atom is 0.266 e. The maximum atomic E-state index is 11.2. The summed E-state index contributed by atoms with van der Waals surface area (Å²) in [5.74, 6) is -0.289. The number of hydrogen-bond donors (Lipinski definition) is 1. The fourth-order valence-electron chi connectivity index (χ4n) is 2.23. The molecule has 19 heavy (non-hydrogen) atoms. The van der Waals surface area contributed by atoms with Crippen LogP contribution in [-0.4, -0.2) is 36.2 Å². The fraction of sp³-hybridized carbons (Fsp3) is 0.429. The second-order valence-electron chi connectivity index (χ2n) is 4.61. The van der Waals surface area contributed by atoms with E-state index in [9.17, 15) is 8.42 Å². The van der Waals surface area contributed by atoms with Crippen LogP contribution in [0.3, 0.4) is 0 Å². The highest BCUT2D eigenvalue weighted by Crippen LogP contribution is 2.15. The van der Waals surface area contributed by atoms with E-state index in [-0.39, 0.29) is 11.8 Å². The molecule has 0 heterocycles. The van der Waals surface area contributed by atoms with Crippen LogP contribution in [0.5, 0.6) is 0 Å². The van der Waals surface area contributed by atoms with Gasteiger partial charge in [-0.25, -0.2) is 0 Å². The normalized spacial score (nSPS) is 13.0. The van der Waals surface area contributed by atoms with Gasteiger partial charge in [0.25, 0.3) is 10.1 Å². The standard InChI is InChI=1S/C14H21NO3S/c1-4-15(12(2)3)14(11-19(16,17)18)10-13-8-6-5-7-9-13/h5-9,14H,2,4,10-11H2,1,3H3,(H,16,17,18). The molecule has 0 aliphatic heterocycles. The third-order valence-electron chi connectivity index (χ3n) is 2.99. The first kappa shape index (κ1) is 15.7. The van der Waals surface area contributed by atoms with Gasteiger partial charge in [-0.15, -0.1) is 0 Å². The zero-order valence-electron chi connectivity index (χ0n) is 11.4. The first-order valence-corrected chi connectivity index (χ1v) is 7.85. The van der Waals surface area contributed by atoms with Gasteiger partial charge in [-0.1, -0.05) is 36.9 Å². The molecule has 4 nitrogen and oxygen atoms in total. The molecule has 0 saturated heterocycles. The summed E-state index contributed by atoms with van der Waals surface area (Å²) >= 11 is 0. The topological polar surface area (TPSA) is 57.6 Å². The summed E-state index contributed by atoms with van der Waals surface area (Å²) in [6.07, 6.45) is 0.557. The van der Waals surface area contributed by atoms with Crippen LogP contribution >= 0.6 is 0 Å². The van der Waals surface area contributed by atoms with Gasteiger partial charge in [0, 0.05) is 18.3 Å². The van der Waals surface area contributed by atoms with E-state index in [1.54, 1.807) is 0 Å². The lowest BCUT2D eigenvalue weighted by atomic mass is 10.1. The minimum atomic E-state index is -4.01. The zero-order valence-corrected chi connectivity index (χ0v) is 12.2. The molecule has 0 amide bonds. The summed E-state index contributed by atoms with van der Waals surface area (Å²) in [5, 5.41) is 0. The van der Waals surface area contributed by atoms with Crippen LogP contribution < -0.4 is 0 Å². The molecule has 0 aromatic heterocycles. The van der Waals surface area contributed by atoms with Gasteiger partial charge in [-0.3, -0.25) is 4.55 Å². The lowest BCUT2D eigenvalue weighted by Crippen LogP contribution is -2.40. The molecule has 1 N–H and O–H groups in total. The van der Waals surface area contributed by atoms with Gasteiger partial charge in [-0.2, -0.15) is 8.42 Å². The molecular formula is C14H21NO3S. The third-order valence-corrected chi connectivity index (χ3v) is 3.79. The number of allylic oxidation sites excluding steroid dienone is 1. The van der Waals surface area contributed by atoms with Gasteiger partial charge in [0.2, 0.25) is 0 Å². The molecule has 1 atom stereocenters. The summed E-state index contributed by atoms with van der Waals surface area (Å²) in [6, 6.07) is 9.33. The fourth-order valence-corrected chi connectivity index (χ4v) is 3.01. The molecule has 0 bridgehead atoms. The van der Waals surface area contributed by atoms with Crippen molar-refractivity contribution >= 4 is 10.1 Å². The second kappa shape index (κ2) is 6.73. The minimum absolute atomic E-state index is 0.289. The summed E-state index contributed by atoms with van der Waals surface area (Å²) in [7, 11) is -4.01. The Kier molecular flexibility index (Phi) is 5.57. The number of benzene rings is 1. The van der Waals surface area contributed by atoms with Crippen molar-refractivity contribution in [1.82, 2.24) is 4.90 Å². The van der Waals surface area contributed by atoms with Crippen LogP contribution in [0.25, 0.3) is 0 Å². The maximum absolute atomic E-state index is 11.2. The van der Waals surface area contributed by atoms with E-state index in [4.69, 9.17) is 4.55 Å². The van der Waals surface area contributed by atoms with Crippen molar-refractivity contribution in [1.29, 1.82) is 0 Å². The Labute approximate surface area is 115 Å². The summed E-state index contributed by atoms with van der Waals surface area (Å²) in [6.45, 7) is 8.30. The molecule has 0 aliphatic rings. The Balaban J connectivity index is 2.95. The molecule has 0 radical (unpaired) electrons. The predicted octanol–water partition coefficient (Wildman–Crippen LogP) is 2.34. The van der Waals surface area contributed by atoms with Gasteiger partial charge < -0.3 is 4.90 Å². The smallest absolute Gasteiger partial charge is 0.266 e. The van der Waals surface area contributed by atoms with E-state index in [0.717, 1.165) is 11.3 Å². The Morgan fingerprint density at radius 3 is 2.37 bits per heavy atom. The van der Waals surface area contributed by atoms with Crippen LogP contribution in [0.4, 0.5) is 0 Å². The molecular weight excluding hydrogens is 262 g/mol. The van der Waals surface area contributed by atoms with Gasteiger partial charge in [0.15, 0.2) is 0 Å². The lowest BCUT2D eigenvalue weighted by molar-refractivity contribution is 0.278. The van der Waals surface area contributed by atoms with Crippen molar-refractivity contribution in [3.05, 3.63) is 48.2 Å². The highest BCUT2D eigenvalue weighted by Gasteiger charge is 2.23. The van der Waals surface area contributed by atoms with Crippen molar-refractivity contribution in [2.45, 2.75) is 26.3 Å². The summed E-state index contributed by atoms with van der Waals surface area (Å²) < 4.78 is 31.5. The zero-order chi connectivity index (χ0) is 14.5. The molecule has 1 rings (SSSR count). The average molecular weight is 283 g/mol. The van der Waals surface area contributed by atoms with Crippen molar-refractivity contribution < 1.29 is 13.0 Å². The highest BCUT2D eigenvalue weighted by atomic mass is 32.2. The molecule has 106 valence electrons. The van der Waals surface area contributed by atoms with E-state index in [1.807, 2.05) is 49.1 Å². The first-order valence-electron chi connectivity index (χ1n) is 6.24. The van der Waals surface area contributed by atoms with Crippen LogP contribution in [0.1, 0.15) is 19.4 Å². The van der Waals surface area contributed by atoms with Crippen LogP contribution in [0.15, 0.2) is 42.6 Å². The van der Waals surface area contributed by atoms with E-state index < -0.39 is 10.1 Å². The SMILES string of the molecule is C=C(C)N(CC)C(Cc1ccccc1)CS(=O)(=O)O. The molecule has 1 unspecified atom stereocenters. The predicted molar refractivity (Wildman–Crippen MR) is 77.5 cm³/mol. The number of hydrogen-bond acceptors (Lipinski definition) is 3. The summed E-state index contributed by atoms with van der Waals surface area (Å²) in [4.78, 5) is 1.90. The Hall–Kier alpha value is -1.33. The number of rotatable bonds is 7. The van der Waals surface area contributed by atoms with Crippen LogP contribution in [0, 0.1) is 0 Å². The van der Waals surface area contributed by atoms with E-state index in [0.29, 0.717) is 13.0 Å². The van der Waals surface area contributed by atoms with E-state index >= 15 is 0 Å². The molecule has 0 spiro atoms. The second-order valence-corrected chi connectivity index (χ2v) is 6.11. The Morgan fingerprint density at radius 2 is 1.95 bits per heavy atom. The van der Waals surface area contributed by atoms with Crippen LogP contribution in [0.2, 0.25) is 0 Å². The van der Waals surface area contributed by atoms with Gasteiger partial charge >= 0.3 is 0 Å². The molecule has 0 fully saturated rings. The molecule has 0 saturated carbocycles. The number of nitrogens with zero attached hydrogens (tertiary/aromatic N) is 1. The summed E-state index contributed by atoms with van der Waals surface area (Å²) in [5.41, 5.74) is 1.84. The number of likely N-dealkylation sites (N-methyl/N-ethyl adjacent to an activating group) is 1. The largest absolute Gasteiger partial charge is 0.371 e. The van der Waals surface area contributed by atoms with Crippen molar-refractivity contribution in [3.63, 3.8) is 0 Å². The first-order chi connectivity index (χ1) is 8.83.